The third kappa shape index (κ3) is 3.96. The summed E-state index contributed by atoms with van der Waals surface area (Å²) >= 11 is 0. The maximum absolute atomic E-state index is 12.7. The molecule has 0 unspecified atom stereocenters. The molecule has 27 heavy (non-hydrogen) atoms. The number of ether oxygens (including phenoxy) is 1. The molecule has 0 bridgehead atoms. The maximum Gasteiger partial charge on any atom is 0.240 e. The number of sulfonamides is 1. The Morgan fingerprint density at radius 2 is 1.89 bits per heavy atom. The maximum atomic E-state index is 12.7. The number of methoxy groups -OCH3 is 1. The lowest BCUT2D eigenvalue weighted by molar-refractivity contribution is 0.410. The van der Waals surface area contributed by atoms with Gasteiger partial charge in [0.25, 0.3) is 0 Å². The molecule has 0 radical (unpaired) electrons. The van der Waals surface area contributed by atoms with Gasteiger partial charge < -0.3 is 9.64 Å². The van der Waals surface area contributed by atoms with E-state index in [-0.39, 0.29) is 0 Å². The zero-order valence-corrected chi connectivity index (χ0v) is 17.3. The minimum Gasteiger partial charge on any atom is -0.496 e. The average Bonchev–Trinajstić information content (AvgIpc) is 2.96. The van der Waals surface area contributed by atoms with E-state index in [9.17, 15) is 8.42 Å². The van der Waals surface area contributed by atoms with Crippen LogP contribution in [0.15, 0.2) is 41.3 Å². The minimum absolute atomic E-state index is 0.320. The van der Waals surface area contributed by atoms with Crippen LogP contribution in [0, 0.1) is 13.8 Å². The van der Waals surface area contributed by atoms with Crippen LogP contribution in [0.4, 0.5) is 5.69 Å². The van der Waals surface area contributed by atoms with Gasteiger partial charge in [0.15, 0.2) is 0 Å². The van der Waals surface area contributed by atoms with Crippen LogP contribution in [0.1, 0.15) is 30.0 Å². The van der Waals surface area contributed by atoms with Gasteiger partial charge in [0.1, 0.15) is 5.75 Å². The first kappa shape index (κ1) is 19.7. The van der Waals surface area contributed by atoms with E-state index in [0.717, 1.165) is 30.5 Å². The Morgan fingerprint density at radius 1 is 1.15 bits per heavy atom. The van der Waals surface area contributed by atoms with Gasteiger partial charge in [-0.05, 0) is 68.5 Å². The highest BCUT2D eigenvalue weighted by Gasteiger charge is 2.25. The Morgan fingerprint density at radius 3 is 2.63 bits per heavy atom. The Hall–Kier alpha value is -2.05. The molecule has 0 aliphatic carbocycles. The van der Waals surface area contributed by atoms with Gasteiger partial charge in [-0.2, -0.15) is 0 Å². The Bertz CT molecular complexity index is 925. The van der Waals surface area contributed by atoms with Gasteiger partial charge in [-0.1, -0.05) is 18.2 Å². The molecule has 146 valence electrons. The molecule has 1 atom stereocenters. The summed E-state index contributed by atoms with van der Waals surface area (Å²) in [5.41, 5.74) is 4.22. The summed E-state index contributed by atoms with van der Waals surface area (Å²) in [7, 11) is -1.94. The SMILES string of the molecule is COc1ccc(S(=O)(=O)NCCCN2c3ccccc3C[C@@H]2C)c(C)c1C. The highest BCUT2D eigenvalue weighted by atomic mass is 32.2. The van der Waals surface area contributed by atoms with Gasteiger partial charge in [0, 0.05) is 24.8 Å². The van der Waals surface area contributed by atoms with E-state index >= 15 is 0 Å². The molecule has 1 aliphatic rings. The predicted octanol–water partition coefficient (Wildman–Crippen LogP) is 3.43. The standard InChI is InChI=1S/C21H28N2O3S/c1-15-14-18-8-5-6-9-19(18)23(15)13-7-12-22-27(24,25)21-11-10-20(26-4)16(2)17(21)3/h5-6,8-11,15,22H,7,12-14H2,1-4H3/t15-/m0/s1. The molecule has 1 aliphatic heterocycles. The normalized spacial score (nSPS) is 16.4. The van der Waals surface area contributed by atoms with Crippen molar-refractivity contribution >= 4 is 15.7 Å². The molecular weight excluding hydrogens is 360 g/mol. The largest absolute Gasteiger partial charge is 0.496 e. The fourth-order valence-corrected chi connectivity index (χ4v) is 5.16. The van der Waals surface area contributed by atoms with Crippen molar-refractivity contribution in [3.8, 4) is 5.75 Å². The first-order valence-corrected chi connectivity index (χ1v) is 10.8. The molecular formula is C21H28N2O3S. The molecule has 1 N–H and O–H groups in total. The predicted molar refractivity (Wildman–Crippen MR) is 109 cm³/mol. The lowest BCUT2D eigenvalue weighted by atomic mass is 10.1. The molecule has 0 saturated heterocycles. The van der Waals surface area contributed by atoms with Crippen LogP contribution in [0.2, 0.25) is 0 Å². The number of rotatable bonds is 7. The summed E-state index contributed by atoms with van der Waals surface area (Å²) in [4.78, 5) is 2.69. The molecule has 1 heterocycles. The molecule has 0 amide bonds. The highest BCUT2D eigenvalue weighted by Crippen LogP contribution is 2.31. The van der Waals surface area contributed by atoms with Crippen LogP contribution >= 0.6 is 0 Å². The van der Waals surface area contributed by atoms with Crippen molar-refractivity contribution in [1.82, 2.24) is 4.72 Å². The van der Waals surface area contributed by atoms with Gasteiger partial charge in [-0.3, -0.25) is 0 Å². The Labute approximate surface area is 162 Å². The second-order valence-electron chi connectivity index (χ2n) is 7.14. The van der Waals surface area contributed by atoms with E-state index in [1.165, 1.54) is 11.3 Å². The smallest absolute Gasteiger partial charge is 0.240 e. The zero-order chi connectivity index (χ0) is 19.6. The summed E-state index contributed by atoms with van der Waals surface area (Å²) in [6.45, 7) is 7.15. The van der Waals surface area contributed by atoms with Crippen LogP contribution in [-0.2, 0) is 16.4 Å². The van der Waals surface area contributed by atoms with Crippen molar-refractivity contribution in [2.75, 3.05) is 25.1 Å². The number of anilines is 1. The quantitative estimate of drug-likeness (QED) is 0.739. The average molecular weight is 389 g/mol. The van der Waals surface area contributed by atoms with Gasteiger partial charge in [0.2, 0.25) is 10.0 Å². The van der Waals surface area contributed by atoms with Crippen molar-refractivity contribution in [1.29, 1.82) is 0 Å². The lowest BCUT2D eigenvalue weighted by Gasteiger charge is -2.25. The monoisotopic (exact) mass is 388 g/mol. The van der Waals surface area contributed by atoms with E-state index in [4.69, 9.17) is 4.74 Å². The molecule has 5 nitrogen and oxygen atoms in total. The summed E-state index contributed by atoms with van der Waals surface area (Å²) in [6.07, 6.45) is 1.80. The van der Waals surface area contributed by atoms with Crippen LogP contribution in [-0.4, -0.2) is 34.7 Å². The molecule has 0 saturated carbocycles. The summed E-state index contributed by atoms with van der Waals surface area (Å²) in [5, 5.41) is 0. The molecule has 0 spiro atoms. The number of fused-ring (bicyclic) bond motifs is 1. The van der Waals surface area contributed by atoms with Crippen molar-refractivity contribution < 1.29 is 13.2 Å². The van der Waals surface area contributed by atoms with E-state index in [2.05, 4.69) is 40.8 Å². The van der Waals surface area contributed by atoms with Crippen molar-refractivity contribution in [3.63, 3.8) is 0 Å². The molecule has 2 aromatic carbocycles. The first-order chi connectivity index (χ1) is 12.8. The third-order valence-corrected chi connectivity index (χ3v) is 7.02. The van der Waals surface area contributed by atoms with E-state index < -0.39 is 10.0 Å². The van der Waals surface area contributed by atoms with E-state index in [0.29, 0.717) is 23.2 Å². The summed E-state index contributed by atoms with van der Waals surface area (Å²) < 4.78 is 33.4. The lowest BCUT2D eigenvalue weighted by Crippen LogP contribution is -2.33. The van der Waals surface area contributed by atoms with Gasteiger partial charge in [0.05, 0.1) is 12.0 Å². The summed E-state index contributed by atoms with van der Waals surface area (Å²) in [6, 6.07) is 12.2. The van der Waals surface area contributed by atoms with Crippen LogP contribution in [0.3, 0.4) is 0 Å². The minimum atomic E-state index is -3.53. The first-order valence-electron chi connectivity index (χ1n) is 9.33. The van der Waals surface area contributed by atoms with Crippen LogP contribution < -0.4 is 14.4 Å². The fraction of sp³-hybridized carbons (Fsp3) is 0.429. The van der Waals surface area contributed by atoms with E-state index in [1.807, 2.05) is 13.8 Å². The zero-order valence-electron chi connectivity index (χ0n) is 16.5. The molecule has 2 aromatic rings. The van der Waals surface area contributed by atoms with Gasteiger partial charge >= 0.3 is 0 Å². The second-order valence-corrected chi connectivity index (χ2v) is 8.88. The Kier molecular flexibility index (Phi) is 5.77. The van der Waals surface area contributed by atoms with Gasteiger partial charge in [-0.15, -0.1) is 0 Å². The number of hydrogen-bond acceptors (Lipinski definition) is 4. The van der Waals surface area contributed by atoms with Crippen molar-refractivity contribution in [3.05, 3.63) is 53.1 Å². The van der Waals surface area contributed by atoms with Crippen LogP contribution in [0.5, 0.6) is 5.75 Å². The number of nitrogens with one attached hydrogen (secondary N) is 1. The molecule has 6 heteroatoms. The molecule has 3 rings (SSSR count). The number of nitrogens with zero attached hydrogens (tertiary/aromatic N) is 1. The number of hydrogen-bond donors (Lipinski definition) is 1. The molecule has 0 aromatic heterocycles. The highest BCUT2D eigenvalue weighted by molar-refractivity contribution is 7.89. The molecule has 0 fully saturated rings. The number of para-hydroxylation sites is 1. The second kappa shape index (κ2) is 7.90. The number of benzene rings is 2. The van der Waals surface area contributed by atoms with Crippen LogP contribution in [0.25, 0.3) is 0 Å². The fourth-order valence-electron chi connectivity index (χ4n) is 3.79. The van der Waals surface area contributed by atoms with Crippen molar-refractivity contribution in [2.24, 2.45) is 0 Å². The van der Waals surface area contributed by atoms with Gasteiger partial charge in [-0.25, -0.2) is 13.1 Å². The summed E-state index contributed by atoms with van der Waals surface area (Å²) in [5.74, 6) is 0.702. The van der Waals surface area contributed by atoms with E-state index in [1.54, 1.807) is 19.2 Å². The van der Waals surface area contributed by atoms with Crippen molar-refractivity contribution in [2.45, 2.75) is 44.6 Å². The third-order valence-electron chi connectivity index (χ3n) is 5.41. The Balaban J connectivity index is 1.62. The topological polar surface area (TPSA) is 58.6 Å².